The second kappa shape index (κ2) is 8.08. The molecule has 162 valence electrons. The van der Waals surface area contributed by atoms with Gasteiger partial charge < -0.3 is 9.88 Å². The van der Waals surface area contributed by atoms with E-state index in [0.29, 0.717) is 11.2 Å². The predicted molar refractivity (Wildman–Crippen MR) is 99.5 cm³/mol. The number of aryl methyl sites for hydroxylation is 1. The summed E-state index contributed by atoms with van der Waals surface area (Å²) in [4.78, 5) is 11.5. The average molecular weight is 446 g/mol. The molecule has 2 aromatic rings. The molecule has 1 aromatic carbocycles. The van der Waals surface area contributed by atoms with Crippen molar-refractivity contribution in [3.8, 4) is 6.07 Å². The number of anilines is 1. The molecule has 0 aliphatic heterocycles. The number of nitrogens with one attached hydrogen (secondary N) is 1. The quantitative estimate of drug-likeness (QED) is 0.690. The van der Waals surface area contributed by atoms with E-state index in [9.17, 15) is 30.8 Å². The van der Waals surface area contributed by atoms with Crippen LogP contribution in [0.25, 0.3) is 0 Å². The van der Waals surface area contributed by atoms with Gasteiger partial charge in [-0.25, -0.2) is 26.0 Å². The van der Waals surface area contributed by atoms with E-state index >= 15 is 0 Å². The first kappa shape index (κ1) is 23.4. The number of nitrogens with zero attached hydrogens (tertiary/aromatic N) is 3. The lowest BCUT2D eigenvalue weighted by Crippen LogP contribution is -2.45. The molecule has 0 radical (unpaired) electrons. The predicted octanol–water partition coefficient (Wildman–Crippen LogP) is 3.09. The number of carbonyl (C=O) groups is 1. The normalized spacial score (nSPS) is 13.2. The molecule has 0 saturated heterocycles. The Bertz CT molecular complexity index is 1130. The van der Waals surface area contributed by atoms with Gasteiger partial charge in [0.1, 0.15) is 22.5 Å². The Morgan fingerprint density at radius 1 is 1.33 bits per heavy atom. The Morgan fingerprint density at radius 2 is 1.93 bits per heavy atom. The van der Waals surface area contributed by atoms with Crippen molar-refractivity contribution in [1.29, 1.82) is 5.26 Å². The topological polar surface area (TPSA) is 95.2 Å². The molecule has 0 aliphatic carbocycles. The van der Waals surface area contributed by atoms with Gasteiger partial charge in [0.15, 0.2) is 5.82 Å². The zero-order valence-electron chi connectivity index (χ0n) is 16.4. The lowest BCUT2D eigenvalue weighted by molar-refractivity contribution is -0.0315. The molecule has 1 heterocycles. The first-order valence-electron chi connectivity index (χ1n) is 8.43. The molecule has 0 fully saturated rings. The van der Waals surface area contributed by atoms with Gasteiger partial charge in [-0.1, -0.05) is 0 Å². The Morgan fingerprint density at radius 3 is 2.47 bits per heavy atom. The van der Waals surface area contributed by atoms with Crippen molar-refractivity contribution in [2.75, 3.05) is 12.4 Å². The number of alkyl halides is 2. The zero-order chi connectivity index (χ0) is 23.0. The third kappa shape index (κ3) is 4.31. The van der Waals surface area contributed by atoms with Crippen molar-refractivity contribution in [1.82, 2.24) is 8.87 Å². The molecular weight excluding hydrogens is 428 g/mol. The monoisotopic (exact) mass is 446 g/mol. The van der Waals surface area contributed by atoms with Gasteiger partial charge in [-0.15, -0.1) is 0 Å². The van der Waals surface area contributed by atoms with Crippen LogP contribution >= 0.6 is 0 Å². The van der Waals surface area contributed by atoms with Crippen molar-refractivity contribution in [3.63, 3.8) is 0 Å². The van der Waals surface area contributed by atoms with E-state index < -0.39 is 50.1 Å². The molecular formula is C18H18F4N4O3S. The van der Waals surface area contributed by atoms with E-state index in [1.54, 1.807) is 6.07 Å². The van der Waals surface area contributed by atoms with Gasteiger partial charge in [0.25, 0.3) is 11.8 Å². The minimum Gasteiger partial charge on any atom is -0.343 e. The number of sulfonamides is 1. The van der Waals surface area contributed by atoms with Crippen molar-refractivity contribution in [2.24, 2.45) is 7.05 Å². The van der Waals surface area contributed by atoms with Gasteiger partial charge in [0.2, 0.25) is 10.0 Å². The number of hydrogen-bond donors (Lipinski definition) is 1. The summed E-state index contributed by atoms with van der Waals surface area (Å²) in [5, 5.41) is 11.1. The lowest BCUT2D eigenvalue weighted by atomic mass is 10.2. The number of carbonyl (C=O) groups excluding carboxylic acids is 1. The Kier molecular flexibility index (Phi) is 6.29. The highest BCUT2D eigenvalue weighted by Gasteiger charge is 2.41. The van der Waals surface area contributed by atoms with Crippen LogP contribution in [0.4, 0.5) is 23.2 Å². The van der Waals surface area contributed by atoms with Crippen LogP contribution in [-0.4, -0.2) is 42.2 Å². The summed E-state index contributed by atoms with van der Waals surface area (Å²) < 4.78 is 81.8. The molecule has 1 atom stereocenters. The Balaban J connectivity index is 2.42. The van der Waals surface area contributed by atoms with Crippen molar-refractivity contribution < 1.29 is 30.8 Å². The summed E-state index contributed by atoms with van der Waals surface area (Å²) in [5.41, 5.74) is -1.08. The second-order valence-electron chi connectivity index (χ2n) is 6.68. The van der Waals surface area contributed by atoms with Gasteiger partial charge in [-0.05, 0) is 25.1 Å². The molecule has 0 bridgehead atoms. The minimum absolute atomic E-state index is 0.0284. The van der Waals surface area contributed by atoms with Crippen LogP contribution in [0.5, 0.6) is 0 Å². The van der Waals surface area contributed by atoms with Gasteiger partial charge in [-0.3, -0.25) is 4.79 Å². The maximum absolute atomic E-state index is 14.9. The highest BCUT2D eigenvalue weighted by Crippen LogP contribution is 2.29. The highest BCUT2D eigenvalue weighted by molar-refractivity contribution is 7.89. The smallest absolute Gasteiger partial charge is 0.275 e. The van der Waals surface area contributed by atoms with Crippen molar-refractivity contribution in [3.05, 3.63) is 47.3 Å². The Labute approximate surface area is 170 Å². The van der Waals surface area contributed by atoms with E-state index in [-0.39, 0.29) is 11.3 Å². The summed E-state index contributed by atoms with van der Waals surface area (Å²) >= 11 is 0. The molecule has 12 heteroatoms. The molecule has 0 aliphatic rings. The number of hydrogen-bond acceptors (Lipinski definition) is 4. The first-order valence-corrected chi connectivity index (χ1v) is 9.87. The average Bonchev–Trinajstić information content (AvgIpc) is 2.96. The molecule has 0 spiro atoms. The second-order valence-corrected chi connectivity index (χ2v) is 8.65. The molecule has 1 N–H and O–H groups in total. The highest BCUT2D eigenvalue weighted by atomic mass is 32.2. The van der Waals surface area contributed by atoms with Gasteiger partial charge in [-0.2, -0.15) is 9.57 Å². The van der Waals surface area contributed by atoms with E-state index in [2.05, 4.69) is 5.32 Å². The summed E-state index contributed by atoms with van der Waals surface area (Å²) in [6.45, 7) is 1.50. The van der Waals surface area contributed by atoms with Crippen LogP contribution in [-0.2, 0) is 17.1 Å². The standard InChI is InChI=1S/C18H18F4N4O3S/c1-10(18(2,21)22)26(4)30(28,29)14-9-25(3)16(15(14)20)17(27)24-12-5-6-13(19)11(7-12)8-23/h5-7,9-10H,1-4H3,(H,24,27)/t10-/m1/s1. The summed E-state index contributed by atoms with van der Waals surface area (Å²) in [5.74, 6) is -6.73. The third-order valence-electron chi connectivity index (χ3n) is 4.58. The van der Waals surface area contributed by atoms with Crippen LogP contribution in [0, 0.1) is 23.0 Å². The van der Waals surface area contributed by atoms with E-state index in [4.69, 9.17) is 5.26 Å². The van der Waals surface area contributed by atoms with E-state index in [0.717, 1.165) is 42.9 Å². The number of benzene rings is 1. The maximum Gasteiger partial charge on any atom is 0.275 e. The van der Waals surface area contributed by atoms with E-state index in [1.807, 2.05) is 0 Å². The van der Waals surface area contributed by atoms with Crippen LogP contribution in [0.3, 0.4) is 0 Å². The number of aromatic nitrogens is 1. The van der Waals surface area contributed by atoms with Crippen molar-refractivity contribution >= 4 is 21.6 Å². The lowest BCUT2D eigenvalue weighted by Gasteiger charge is -2.28. The fraction of sp³-hybridized carbons (Fsp3) is 0.333. The van der Waals surface area contributed by atoms with Crippen LogP contribution in [0.1, 0.15) is 29.9 Å². The van der Waals surface area contributed by atoms with Gasteiger partial charge >= 0.3 is 0 Å². The largest absolute Gasteiger partial charge is 0.343 e. The van der Waals surface area contributed by atoms with Gasteiger partial charge in [0, 0.05) is 32.9 Å². The molecule has 1 amide bonds. The third-order valence-corrected chi connectivity index (χ3v) is 6.50. The fourth-order valence-electron chi connectivity index (χ4n) is 2.57. The maximum atomic E-state index is 14.9. The molecule has 7 nitrogen and oxygen atoms in total. The van der Waals surface area contributed by atoms with Gasteiger partial charge in [0.05, 0.1) is 11.6 Å². The Hall–Kier alpha value is -2.91. The summed E-state index contributed by atoms with van der Waals surface area (Å²) in [7, 11) is -2.62. The number of amides is 1. The summed E-state index contributed by atoms with van der Waals surface area (Å²) in [6, 6.07) is 2.88. The first-order chi connectivity index (χ1) is 13.7. The molecule has 2 rings (SSSR count). The SMILES string of the molecule is C[C@@H](N(C)S(=O)(=O)c1cn(C)c(C(=O)Nc2ccc(F)c(C#N)c2)c1F)C(C)(F)F. The molecule has 30 heavy (non-hydrogen) atoms. The molecule has 0 saturated carbocycles. The number of halogens is 4. The molecule has 0 unspecified atom stereocenters. The zero-order valence-corrected chi connectivity index (χ0v) is 17.2. The number of rotatable bonds is 6. The van der Waals surface area contributed by atoms with Crippen LogP contribution in [0.15, 0.2) is 29.3 Å². The fourth-order valence-corrected chi connectivity index (χ4v) is 4.10. The minimum atomic E-state index is -4.69. The number of nitriles is 1. The van der Waals surface area contributed by atoms with E-state index in [1.165, 1.54) is 7.05 Å². The van der Waals surface area contributed by atoms with Crippen molar-refractivity contribution in [2.45, 2.75) is 30.7 Å². The summed E-state index contributed by atoms with van der Waals surface area (Å²) in [6.07, 6.45) is 0.794. The van der Waals surface area contributed by atoms with Crippen LogP contribution < -0.4 is 5.32 Å². The van der Waals surface area contributed by atoms with Crippen LogP contribution in [0.2, 0.25) is 0 Å². The molecule has 1 aromatic heterocycles.